The lowest BCUT2D eigenvalue weighted by molar-refractivity contribution is -0.115. The van der Waals surface area contributed by atoms with E-state index < -0.39 is 17.4 Å². The molecule has 1 heterocycles. The summed E-state index contributed by atoms with van der Waals surface area (Å²) >= 11 is 0. The smallest absolute Gasteiger partial charge is 0.270 e. The first-order chi connectivity index (χ1) is 20.3. The van der Waals surface area contributed by atoms with Gasteiger partial charge < -0.3 is 10.2 Å². The zero-order chi connectivity index (χ0) is 30.2. The third-order valence-corrected chi connectivity index (χ3v) is 7.43. The molecule has 1 aromatic heterocycles. The van der Waals surface area contributed by atoms with Crippen molar-refractivity contribution in [1.29, 1.82) is 5.26 Å². The molecule has 214 valence electrons. The van der Waals surface area contributed by atoms with Gasteiger partial charge in [-0.05, 0) is 67.1 Å². The van der Waals surface area contributed by atoms with Crippen LogP contribution in [0.15, 0.2) is 84.2 Å². The second kappa shape index (κ2) is 13.6. The molecule has 8 nitrogen and oxygen atoms in total. The second-order valence-electron chi connectivity index (χ2n) is 10.2. The Morgan fingerprint density at radius 2 is 1.88 bits per heavy atom. The number of nitrogens with one attached hydrogen (secondary N) is 1. The molecular formula is C34H34N4O4. The minimum Gasteiger partial charge on any atom is -0.335 e. The van der Waals surface area contributed by atoms with Crippen LogP contribution in [0.2, 0.25) is 0 Å². The van der Waals surface area contributed by atoms with Crippen LogP contribution >= 0.6 is 0 Å². The highest BCUT2D eigenvalue weighted by molar-refractivity contribution is 6.06. The van der Waals surface area contributed by atoms with Gasteiger partial charge >= 0.3 is 0 Å². The van der Waals surface area contributed by atoms with Crippen molar-refractivity contribution >= 4 is 34.3 Å². The lowest BCUT2D eigenvalue weighted by atomic mass is 10.0. The Morgan fingerprint density at radius 3 is 2.60 bits per heavy atom. The number of nitrogens with zero attached hydrogens (tertiary/aromatic N) is 3. The number of amides is 2. The van der Waals surface area contributed by atoms with Gasteiger partial charge in [0.1, 0.15) is 5.56 Å². The summed E-state index contributed by atoms with van der Waals surface area (Å²) in [5.41, 5.74) is 2.62. The average molecular weight is 563 g/mol. The monoisotopic (exact) mass is 562 g/mol. The van der Waals surface area contributed by atoms with Gasteiger partial charge in [0.05, 0.1) is 22.8 Å². The summed E-state index contributed by atoms with van der Waals surface area (Å²) < 4.78 is 1.09. The second-order valence-corrected chi connectivity index (χ2v) is 10.2. The molecule has 2 aromatic carbocycles. The summed E-state index contributed by atoms with van der Waals surface area (Å²) in [6.45, 7) is 7.78. The highest BCUT2D eigenvalue weighted by Crippen LogP contribution is 2.31. The van der Waals surface area contributed by atoms with Crippen molar-refractivity contribution in [3.8, 4) is 6.07 Å². The first kappa shape index (κ1) is 29.9. The van der Waals surface area contributed by atoms with E-state index in [2.05, 4.69) is 18.0 Å². The number of hydrogen-bond donors (Lipinski definition) is 1. The van der Waals surface area contributed by atoms with E-state index in [0.717, 1.165) is 15.7 Å². The Kier molecular flexibility index (Phi) is 9.66. The standard InChI is InChI=1S/C34H34N4O4/c1-4-7-8-9-10-16-37(6-3)33(41)28-21-27-29(36-31(39)5-2)12-11-13-30(27)38(34(28)42)32(40)20-24-18-25-15-14-23(22-35)17-26(25)19-24/h4,7-15,17,21,24H,1,5-6,16,18-20H2,2-3H3,(H,36,39)/b8-7-,10-9-. The number of anilines is 1. The highest BCUT2D eigenvalue weighted by Gasteiger charge is 2.28. The fraction of sp³-hybridized carbons (Fsp3) is 0.265. The van der Waals surface area contributed by atoms with Crippen LogP contribution in [0.3, 0.4) is 0 Å². The van der Waals surface area contributed by atoms with Crippen LogP contribution < -0.4 is 10.9 Å². The number of likely N-dealkylation sites (N-methyl/N-ethyl adjacent to an activating group) is 1. The Labute approximate surface area is 245 Å². The molecule has 42 heavy (non-hydrogen) atoms. The number of rotatable bonds is 10. The fourth-order valence-electron chi connectivity index (χ4n) is 5.28. The average Bonchev–Trinajstić information content (AvgIpc) is 3.39. The molecule has 1 N–H and O–H groups in total. The molecule has 0 radical (unpaired) electrons. The van der Waals surface area contributed by atoms with E-state index in [1.54, 1.807) is 61.6 Å². The third kappa shape index (κ3) is 6.47. The van der Waals surface area contributed by atoms with E-state index in [9.17, 15) is 24.4 Å². The molecule has 0 spiro atoms. The van der Waals surface area contributed by atoms with Crippen molar-refractivity contribution in [2.45, 2.75) is 39.5 Å². The number of carbonyl (C=O) groups is 3. The lowest BCUT2D eigenvalue weighted by Gasteiger charge is -2.21. The number of benzene rings is 2. The van der Waals surface area contributed by atoms with E-state index in [0.29, 0.717) is 41.5 Å². The molecule has 0 saturated heterocycles. The maximum atomic E-state index is 13.9. The first-order valence-corrected chi connectivity index (χ1v) is 14.1. The van der Waals surface area contributed by atoms with Gasteiger partial charge in [-0.2, -0.15) is 5.26 Å². The van der Waals surface area contributed by atoms with Crippen LogP contribution in [-0.2, 0) is 17.6 Å². The number of allylic oxidation sites excluding steroid dienone is 4. The normalized spacial score (nSPS) is 14.2. The molecule has 8 heteroatoms. The molecule has 3 aromatic rings. The molecule has 1 atom stereocenters. The van der Waals surface area contributed by atoms with E-state index in [4.69, 9.17) is 0 Å². The fourth-order valence-corrected chi connectivity index (χ4v) is 5.28. The minimum absolute atomic E-state index is 0.0494. The van der Waals surface area contributed by atoms with Gasteiger partial charge in [-0.25, -0.2) is 4.57 Å². The quantitative estimate of drug-likeness (QED) is 0.331. The molecule has 1 unspecified atom stereocenters. The van der Waals surface area contributed by atoms with E-state index in [1.165, 1.54) is 11.0 Å². The molecule has 4 rings (SSSR count). The molecule has 2 amide bonds. The van der Waals surface area contributed by atoms with Gasteiger partial charge in [-0.1, -0.05) is 56.0 Å². The summed E-state index contributed by atoms with van der Waals surface area (Å²) in [7, 11) is 0. The largest absolute Gasteiger partial charge is 0.335 e. The van der Waals surface area contributed by atoms with Gasteiger partial charge in [0.2, 0.25) is 11.8 Å². The predicted octanol–water partition coefficient (Wildman–Crippen LogP) is 5.43. The van der Waals surface area contributed by atoms with Crippen LogP contribution in [0, 0.1) is 17.2 Å². The van der Waals surface area contributed by atoms with Gasteiger partial charge in [0.25, 0.3) is 11.5 Å². The van der Waals surface area contributed by atoms with Crippen LogP contribution in [0.25, 0.3) is 10.9 Å². The Bertz CT molecular complexity index is 1710. The third-order valence-electron chi connectivity index (χ3n) is 7.43. The van der Waals surface area contributed by atoms with Crippen LogP contribution in [0.1, 0.15) is 58.5 Å². The molecule has 0 fully saturated rings. The summed E-state index contributed by atoms with van der Waals surface area (Å²) in [6.07, 6.45) is 10.4. The number of fused-ring (bicyclic) bond motifs is 2. The zero-order valence-corrected chi connectivity index (χ0v) is 23.9. The maximum Gasteiger partial charge on any atom is 0.270 e. The van der Waals surface area contributed by atoms with Gasteiger partial charge in [0, 0.05) is 31.3 Å². The highest BCUT2D eigenvalue weighted by atomic mass is 16.2. The van der Waals surface area contributed by atoms with Gasteiger partial charge in [0.15, 0.2) is 0 Å². The number of nitriles is 1. The summed E-state index contributed by atoms with van der Waals surface area (Å²) in [4.78, 5) is 55.3. The first-order valence-electron chi connectivity index (χ1n) is 14.1. The number of carbonyl (C=O) groups excluding carboxylic acids is 3. The van der Waals surface area contributed by atoms with Crippen LogP contribution in [0.5, 0.6) is 0 Å². The van der Waals surface area contributed by atoms with E-state index >= 15 is 0 Å². The summed E-state index contributed by atoms with van der Waals surface area (Å²) in [5.74, 6) is -1.20. The van der Waals surface area contributed by atoms with Crippen LogP contribution in [-0.4, -0.2) is 40.3 Å². The van der Waals surface area contributed by atoms with Crippen molar-refractivity contribution < 1.29 is 14.4 Å². The number of hydrogen-bond acceptors (Lipinski definition) is 5. The van der Waals surface area contributed by atoms with Crippen molar-refractivity contribution in [3.63, 3.8) is 0 Å². The predicted molar refractivity (Wildman–Crippen MR) is 164 cm³/mol. The summed E-state index contributed by atoms with van der Waals surface area (Å²) in [5, 5.41) is 12.5. The van der Waals surface area contributed by atoms with E-state index in [1.807, 2.05) is 19.1 Å². The molecule has 0 bridgehead atoms. The van der Waals surface area contributed by atoms with Crippen molar-refractivity contribution in [1.82, 2.24) is 9.47 Å². The van der Waals surface area contributed by atoms with Crippen molar-refractivity contribution in [2.24, 2.45) is 5.92 Å². The molecule has 1 aliphatic carbocycles. The van der Waals surface area contributed by atoms with Crippen molar-refractivity contribution in [3.05, 3.63) is 112 Å². The van der Waals surface area contributed by atoms with Gasteiger partial charge in [-0.3, -0.25) is 19.2 Å². The van der Waals surface area contributed by atoms with Crippen molar-refractivity contribution in [2.75, 3.05) is 18.4 Å². The topological polar surface area (TPSA) is 112 Å². The number of pyridine rings is 1. The molecule has 0 saturated carbocycles. The molecule has 1 aliphatic rings. The Morgan fingerprint density at radius 1 is 1.10 bits per heavy atom. The molecule has 0 aliphatic heterocycles. The number of aromatic nitrogens is 1. The summed E-state index contributed by atoms with van der Waals surface area (Å²) in [6, 6.07) is 14.2. The lowest BCUT2D eigenvalue weighted by Crippen LogP contribution is -2.39. The van der Waals surface area contributed by atoms with Crippen LogP contribution in [0.4, 0.5) is 5.69 Å². The Balaban J connectivity index is 1.75. The zero-order valence-electron chi connectivity index (χ0n) is 23.9. The molecular weight excluding hydrogens is 528 g/mol. The van der Waals surface area contributed by atoms with Gasteiger partial charge in [-0.15, -0.1) is 0 Å². The Hall–Kier alpha value is -5.03. The minimum atomic E-state index is -0.687. The maximum absolute atomic E-state index is 13.9. The SMILES string of the molecule is C=C/C=C\C=C/CN(CC)C(=O)c1cc2c(NC(=O)CC)cccc2n(C(=O)CC2Cc3ccc(C#N)cc3C2)c1=O. The van der Waals surface area contributed by atoms with E-state index in [-0.39, 0.29) is 36.8 Å².